The lowest BCUT2D eigenvalue weighted by Crippen LogP contribution is -2.46. The molecule has 0 spiro atoms. The van der Waals surface area contributed by atoms with Gasteiger partial charge in [-0.1, -0.05) is 30.3 Å². The topological polar surface area (TPSA) is 96.8 Å². The van der Waals surface area contributed by atoms with E-state index in [1.165, 1.54) is 35.8 Å². The zero-order valence-corrected chi connectivity index (χ0v) is 23.9. The predicted molar refractivity (Wildman–Crippen MR) is 159 cm³/mol. The number of carbonyl (C=O) groups is 1. The van der Waals surface area contributed by atoms with Gasteiger partial charge in [0.15, 0.2) is 5.65 Å². The molecule has 4 aromatic rings. The Balaban J connectivity index is 1.01. The van der Waals surface area contributed by atoms with Gasteiger partial charge in [0.25, 0.3) is 15.9 Å². The first-order chi connectivity index (χ1) is 20.0. The van der Waals surface area contributed by atoms with E-state index in [1.54, 1.807) is 30.3 Å². The monoisotopic (exact) mass is 573 g/mol. The van der Waals surface area contributed by atoms with Gasteiger partial charge in [0.1, 0.15) is 5.75 Å². The molecule has 1 fully saturated rings. The molecule has 2 aromatic heterocycles. The summed E-state index contributed by atoms with van der Waals surface area (Å²) in [6.45, 7) is 6.24. The molecule has 2 aromatic carbocycles. The van der Waals surface area contributed by atoms with Crippen molar-refractivity contribution in [3.63, 3.8) is 0 Å². The van der Waals surface area contributed by atoms with Crippen molar-refractivity contribution in [1.82, 2.24) is 19.2 Å². The molecule has 0 saturated carbocycles. The molecule has 0 aliphatic carbocycles. The summed E-state index contributed by atoms with van der Waals surface area (Å²) < 4.78 is 33.7. The number of anilines is 1. The molecule has 1 saturated heterocycles. The summed E-state index contributed by atoms with van der Waals surface area (Å²) in [6, 6.07) is 18.1. The number of aryl methyl sites for hydroxylation is 1. The van der Waals surface area contributed by atoms with E-state index < -0.39 is 10.0 Å². The Labute approximate surface area is 240 Å². The summed E-state index contributed by atoms with van der Waals surface area (Å²) in [5.41, 5.74) is 3.08. The van der Waals surface area contributed by atoms with Gasteiger partial charge in [-0.05, 0) is 68.1 Å². The number of hydrogen-bond donors (Lipinski definition) is 1. The number of piperazine rings is 1. The second-order valence-corrected chi connectivity index (χ2v) is 12.4. The number of nitrogens with one attached hydrogen (secondary N) is 1. The summed E-state index contributed by atoms with van der Waals surface area (Å²) in [5.74, 6) is 0.770. The summed E-state index contributed by atoms with van der Waals surface area (Å²) in [7, 11) is -3.89. The lowest BCUT2D eigenvalue weighted by atomic mass is 10.0. The molecule has 214 valence electrons. The van der Waals surface area contributed by atoms with E-state index in [0.717, 1.165) is 74.7 Å². The normalized spacial score (nSPS) is 15.9. The molecular weight excluding hydrogens is 538 g/mol. The van der Waals surface area contributed by atoms with Crippen molar-refractivity contribution in [2.45, 2.75) is 30.6 Å². The Kier molecular flexibility index (Phi) is 7.93. The molecule has 0 radical (unpaired) electrons. The Morgan fingerprint density at radius 1 is 0.951 bits per heavy atom. The predicted octanol–water partition coefficient (Wildman–Crippen LogP) is 3.93. The molecule has 4 heterocycles. The van der Waals surface area contributed by atoms with Crippen molar-refractivity contribution in [2.24, 2.45) is 0 Å². The lowest BCUT2D eigenvalue weighted by molar-refractivity contribution is 0.0954. The molecule has 0 bridgehead atoms. The number of pyridine rings is 1. The van der Waals surface area contributed by atoms with Crippen LogP contribution in [-0.4, -0.2) is 74.1 Å². The molecular formula is C31H35N5O4S. The number of rotatable bonds is 9. The van der Waals surface area contributed by atoms with E-state index >= 15 is 0 Å². The SMILES string of the molecule is O=C(NCCCCN1CCN(c2cccc3c2OCCC3)CC1)c1cn(S(=O)(=O)c2ccccc2)c2ncccc12. The summed E-state index contributed by atoms with van der Waals surface area (Å²) in [6.07, 6.45) is 6.89. The maximum absolute atomic E-state index is 13.3. The van der Waals surface area contributed by atoms with Crippen molar-refractivity contribution in [1.29, 1.82) is 0 Å². The largest absolute Gasteiger partial charge is 0.491 e. The Morgan fingerprint density at radius 2 is 1.78 bits per heavy atom. The van der Waals surface area contributed by atoms with E-state index in [1.807, 2.05) is 0 Å². The van der Waals surface area contributed by atoms with Crippen LogP contribution in [0.2, 0.25) is 0 Å². The number of amides is 1. The van der Waals surface area contributed by atoms with E-state index in [4.69, 9.17) is 4.74 Å². The number of para-hydroxylation sites is 1. The second-order valence-electron chi connectivity index (χ2n) is 10.5. The molecule has 6 rings (SSSR count). The highest BCUT2D eigenvalue weighted by molar-refractivity contribution is 7.90. The molecule has 0 atom stereocenters. The zero-order chi connectivity index (χ0) is 28.2. The minimum absolute atomic E-state index is 0.145. The smallest absolute Gasteiger partial charge is 0.269 e. The van der Waals surface area contributed by atoms with Gasteiger partial charge in [0, 0.05) is 50.5 Å². The van der Waals surface area contributed by atoms with E-state index in [9.17, 15) is 13.2 Å². The third-order valence-electron chi connectivity index (χ3n) is 7.89. The van der Waals surface area contributed by atoms with E-state index in [-0.39, 0.29) is 16.4 Å². The van der Waals surface area contributed by atoms with Crippen molar-refractivity contribution >= 4 is 32.7 Å². The first-order valence-corrected chi connectivity index (χ1v) is 15.7. The highest BCUT2D eigenvalue weighted by Crippen LogP contribution is 2.36. The maximum Gasteiger partial charge on any atom is 0.269 e. The average Bonchev–Trinajstić information content (AvgIpc) is 3.42. The number of aromatic nitrogens is 2. The highest BCUT2D eigenvalue weighted by Gasteiger charge is 2.25. The number of unbranched alkanes of at least 4 members (excludes halogenated alkanes) is 1. The van der Waals surface area contributed by atoms with Crippen LogP contribution in [0.4, 0.5) is 5.69 Å². The summed E-state index contributed by atoms with van der Waals surface area (Å²) >= 11 is 0. The fraction of sp³-hybridized carbons (Fsp3) is 0.355. The van der Waals surface area contributed by atoms with Gasteiger partial charge in [-0.2, -0.15) is 0 Å². The van der Waals surface area contributed by atoms with Crippen LogP contribution in [-0.2, 0) is 16.4 Å². The molecule has 1 amide bonds. The van der Waals surface area contributed by atoms with Gasteiger partial charge >= 0.3 is 0 Å². The van der Waals surface area contributed by atoms with Crippen molar-refractivity contribution in [3.05, 3.63) is 84.2 Å². The zero-order valence-electron chi connectivity index (χ0n) is 23.0. The standard InChI is InChI=1S/C31H35N5O4S/c37-31(27-23-36(30-26(27)13-7-16-32-30)41(38,39)25-11-2-1-3-12-25)33-15-4-5-17-34-18-20-35(21-19-34)28-14-6-9-24-10-8-22-40-29(24)28/h1-3,6-7,9,11-14,16,23H,4-5,8,10,15,17-22H2,(H,33,37). The van der Waals surface area contributed by atoms with Gasteiger partial charge in [-0.3, -0.25) is 9.69 Å². The van der Waals surface area contributed by atoms with Crippen LogP contribution in [0.15, 0.2) is 78.0 Å². The molecule has 9 nitrogen and oxygen atoms in total. The third kappa shape index (κ3) is 5.67. The van der Waals surface area contributed by atoms with Crippen LogP contribution < -0.4 is 15.0 Å². The second kappa shape index (κ2) is 11.9. The molecule has 41 heavy (non-hydrogen) atoms. The molecule has 0 unspecified atom stereocenters. The fourth-order valence-electron chi connectivity index (χ4n) is 5.69. The van der Waals surface area contributed by atoms with Crippen LogP contribution in [0, 0.1) is 0 Å². The molecule has 10 heteroatoms. The summed E-state index contributed by atoms with van der Waals surface area (Å²) in [5, 5.41) is 3.48. The van der Waals surface area contributed by atoms with Crippen molar-refractivity contribution in [2.75, 3.05) is 50.8 Å². The number of benzene rings is 2. The Hall–Kier alpha value is -3.89. The van der Waals surface area contributed by atoms with Gasteiger partial charge in [-0.15, -0.1) is 0 Å². The van der Waals surface area contributed by atoms with E-state index in [0.29, 0.717) is 17.5 Å². The van der Waals surface area contributed by atoms with Crippen LogP contribution in [0.3, 0.4) is 0 Å². The number of ether oxygens (including phenoxy) is 1. The first-order valence-electron chi connectivity index (χ1n) is 14.3. The van der Waals surface area contributed by atoms with Gasteiger partial charge in [0.2, 0.25) is 0 Å². The van der Waals surface area contributed by atoms with Gasteiger partial charge < -0.3 is 15.0 Å². The molecule has 1 N–H and O–H groups in total. The number of nitrogens with zero attached hydrogens (tertiary/aromatic N) is 4. The van der Waals surface area contributed by atoms with Gasteiger partial charge in [0.05, 0.1) is 22.8 Å². The number of fused-ring (bicyclic) bond motifs is 2. The lowest BCUT2D eigenvalue weighted by Gasteiger charge is -2.37. The van der Waals surface area contributed by atoms with Crippen LogP contribution >= 0.6 is 0 Å². The van der Waals surface area contributed by atoms with Crippen LogP contribution in [0.25, 0.3) is 11.0 Å². The van der Waals surface area contributed by atoms with Gasteiger partial charge in [-0.25, -0.2) is 17.4 Å². The average molecular weight is 574 g/mol. The number of hydrogen-bond acceptors (Lipinski definition) is 7. The minimum atomic E-state index is -3.89. The quantitative estimate of drug-likeness (QED) is 0.303. The van der Waals surface area contributed by atoms with Crippen LogP contribution in [0.1, 0.15) is 35.2 Å². The summed E-state index contributed by atoms with van der Waals surface area (Å²) in [4.78, 5) is 22.4. The maximum atomic E-state index is 13.3. The molecule has 2 aliphatic heterocycles. The first kappa shape index (κ1) is 27.3. The van der Waals surface area contributed by atoms with Crippen molar-refractivity contribution < 1.29 is 17.9 Å². The highest BCUT2D eigenvalue weighted by atomic mass is 32.2. The number of carbonyl (C=O) groups excluding carboxylic acids is 1. The Bertz CT molecular complexity index is 1630. The van der Waals surface area contributed by atoms with E-state index in [2.05, 4.69) is 38.3 Å². The van der Waals surface area contributed by atoms with Crippen molar-refractivity contribution in [3.8, 4) is 5.75 Å². The minimum Gasteiger partial charge on any atom is -0.491 e. The molecule has 2 aliphatic rings. The Morgan fingerprint density at radius 3 is 2.61 bits per heavy atom. The van der Waals surface area contributed by atoms with Crippen LogP contribution in [0.5, 0.6) is 5.75 Å². The third-order valence-corrected chi connectivity index (χ3v) is 9.55. The fourth-order valence-corrected chi connectivity index (χ4v) is 7.04.